The number of hydrogen-bond donors (Lipinski definition) is 1. The maximum atomic E-state index is 6.61. The average molecular weight is 378 g/mol. The topological polar surface area (TPSA) is 47.7 Å². The lowest BCUT2D eigenvalue weighted by Gasteiger charge is -2.15. The van der Waals surface area contributed by atoms with Crippen molar-refractivity contribution < 1.29 is 0 Å². The summed E-state index contributed by atoms with van der Waals surface area (Å²) in [5.74, 6) is 0. The van der Waals surface area contributed by atoms with E-state index in [9.17, 15) is 0 Å². The van der Waals surface area contributed by atoms with E-state index in [4.69, 9.17) is 21.7 Å². The standard InChI is InChI=1S/C21H20ClN5/c1-26-17-9-5-8-16(22)18(17)20(25-26)21-19(14-6-3-2-4-7-14)24-13-27(21)15-10-11-23-12-15/h2-9,13,15,23H,10-12H2,1H3/t15-/m1/s1. The van der Waals surface area contributed by atoms with E-state index in [1.165, 1.54) is 0 Å². The van der Waals surface area contributed by atoms with Crippen LogP contribution in [0.5, 0.6) is 0 Å². The Bertz CT molecular complexity index is 1110. The molecule has 3 heterocycles. The summed E-state index contributed by atoms with van der Waals surface area (Å²) < 4.78 is 4.17. The van der Waals surface area contributed by atoms with Crippen LogP contribution >= 0.6 is 11.6 Å². The van der Waals surface area contributed by atoms with Gasteiger partial charge in [0.2, 0.25) is 0 Å². The van der Waals surface area contributed by atoms with E-state index in [1.54, 1.807) is 0 Å². The Labute approximate surface area is 162 Å². The molecule has 1 N–H and O–H groups in total. The van der Waals surface area contributed by atoms with Gasteiger partial charge in [0, 0.05) is 30.6 Å². The van der Waals surface area contributed by atoms with E-state index in [0.29, 0.717) is 11.1 Å². The summed E-state index contributed by atoms with van der Waals surface area (Å²) in [5.41, 5.74) is 4.98. The molecule has 0 bridgehead atoms. The second kappa shape index (κ2) is 6.51. The number of nitrogens with one attached hydrogen (secondary N) is 1. The molecule has 4 aromatic rings. The maximum absolute atomic E-state index is 6.61. The van der Waals surface area contributed by atoms with E-state index in [-0.39, 0.29) is 0 Å². The SMILES string of the molecule is Cn1nc(-c2c(-c3ccccc3)ncn2[C@@H]2CCNC2)c2c(Cl)cccc21. The van der Waals surface area contributed by atoms with Crippen molar-refractivity contribution in [2.45, 2.75) is 12.5 Å². The molecule has 2 aromatic heterocycles. The minimum Gasteiger partial charge on any atom is -0.324 e. The van der Waals surface area contributed by atoms with Gasteiger partial charge in [-0.05, 0) is 25.1 Å². The summed E-state index contributed by atoms with van der Waals surface area (Å²) in [6.45, 7) is 1.96. The van der Waals surface area contributed by atoms with Gasteiger partial charge >= 0.3 is 0 Å². The van der Waals surface area contributed by atoms with Gasteiger partial charge in [-0.15, -0.1) is 0 Å². The van der Waals surface area contributed by atoms with Gasteiger partial charge in [0.15, 0.2) is 0 Å². The number of imidazole rings is 1. The van der Waals surface area contributed by atoms with Gasteiger partial charge < -0.3 is 9.88 Å². The summed E-state index contributed by atoms with van der Waals surface area (Å²) in [4.78, 5) is 4.80. The van der Waals surface area contributed by atoms with Crippen LogP contribution in [0.15, 0.2) is 54.9 Å². The third-order valence-corrected chi connectivity index (χ3v) is 5.63. The zero-order chi connectivity index (χ0) is 18.4. The monoisotopic (exact) mass is 377 g/mol. The molecule has 5 nitrogen and oxygen atoms in total. The van der Waals surface area contributed by atoms with E-state index < -0.39 is 0 Å². The molecule has 0 spiro atoms. The minimum absolute atomic E-state index is 0.365. The molecule has 0 amide bonds. The number of benzene rings is 2. The molecule has 1 aliphatic rings. The van der Waals surface area contributed by atoms with Crippen LogP contribution in [0.25, 0.3) is 33.5 Å². The van der Waals surface area contributed by atoms with Crippen molar-refractivity contribution in [3.05, 3.63) is 59.9 Å². The quantitative estimate of drug-likeness (QED) is 0.579. The van der Waals surface area contributed by atoms with Crippen LogP contribution < -0.4 is 5.32 Å². The Balaban J connectivity index is 1.82. The van der Waals surface area contributed by atoms with Gasteiger partial charge in [-0.2, -0.15) is 5.10 Å². The van der Waals surface area contributed by atoms with Crippen molar-refractivity contribution in [3.63, 3.8) is 0 Å². The first-order chi connectivity index (χ1) is 13.2. The fourth-order valence-electron chi connectivity index (χ4n) is 3.99. The van der Waals surface area contributed by atoms with Crippen molar-refractivity contribution in [2.75, 3.05) is 13.1 Å². The van der Waals surface area contributed by atoms with Gasteiger partial charge in [-0.1, -0.05) is 48.0 Å². The molecule has 6 heteroatoms. The molecule has 5 rings (SSSR count). The molecule has 0 radical (unpaired) electrons. The van der Waals surface area contributed by atoms with E-state index >= 15 is 0 Å². The molecule has 1 atom stereocenters. The van der Waals surface area contributed by atoms with Gasteiger partial charge in [0.1, 0.15) is 5.69 Å². The summed E-state index contributed by atoms with van der Waals surface area (Å²) in [6, 6.07) is 16.6. The number of hydrogen-bond acceptors (Lipinski definition) is 3. The summed E-state index contributed by atoms with van der Waals surface area (Å²) in [7, 11) is 1.96. The number of aryl methyl sites for hydroxylation is 1. The second-order valence-electron chi connectivity index (χ2n) is 6.97. The number of halogens is 1. The minimum atomic E-state index is 0.365. The molecule has 1 aliphatic heterocycles. The highest BCUT2D eigenvalue weighted by molar-refractivity contribution is 6.36. The average Bonchev–Trinajstić information content (AvgIpc) is 3.41. The third kappa shape index (κ3) is 2.66. The Morgan fingerprint density at radius 3 is 2.70 bits per heavy atom. The normalized spacial score (nSPS) is 17.0. The molecule has 27 heavy (non-hydrogen) atoms. The lowest BCUT2D eigenvalue weighted by Crippen LogP contribution is -2.13. The lowest BCUT2D eigenvalue weighted by atomic mass is 10.1. The predicted octanol–water partition coefficient (Wildman–Crippen LogP) is 4.29. The summed E-state index contributed by atoms with van der Waals surface area (Å²) in [6.07, 6.45) is 3.03. The number of fused-ring (bicyclic) bond motifs is 1. The molecule has 0 saturated carbocycles. The smallest absolute Gasteiger partial charge is 0.120 e. The van der Waals surface area contributed by atoms with Crippen molar-refractivity contribution in [1.82, 2.24) is 24.6 Å². The Morgan fingerprint density at radius 2 is 1.93 bits per heavy atom. The van der Waals surface area contributed by atoms with Gasteiger partial charge in [-0.25, -0.2) is 4.98 Å². The summed E-state index contributed by atoms with van der Waals surface area (Å²) >= 11 is 6.61. The van der Waals surface area contributed by atoms with Crippen LogP contribution in [0.4, 0.5) is 0 Å². The first-order valence-corrected chi connectivity index (χ1v) is 9.56. The highest BCUT2D eigenvalue weighted by Crippen LogP contribution is 2.39. The Hall–Kier alpha value is -2.63. The van der Waals surface area contributed by atoms with Gasteiger partial charge in [0.05, 0.1) is 28.3 Å². The van der Waals surface area contributed by atoms with Gasteiger partial charge in [0.25, 0.3) is 0 Å². The van der Waals surface area contributed by atoms with Crippen molar-refractivity contribution in [2.24, 2.45) is 7.05 Å². The first kappa shape index (κ1) is 16.5. The largest absolute Gasteiger partial charge is 0.324 e. The first-order valence-electron chi connectivity index (χ1n) is 9.18. The highest BCUT2D eigenvalue weighted by atomic mass is 35.5. The molecular formula is C21H20ClN5. The van der Waals surface area contributed by atoms with Crippen molar-refractivity contribution in [3.8, 4) is 22.6 Å². The molecular weight excluding hydrogens is 358 g/mol. The van der Waals surface area contributed by atoms with Crippen LogP contribution in [0.2, 0.25) is 5.02 Å². The summed E-state index contributed by atoms with van der Waals surface area (Å²) in [5, 5.41) is 10.0. The Morgan fingerprint density at radius 1 is 1.07 bits per heavy atom. The molecule has 1 saturated heterocycles. The van der Waals surface area contributed by atoms with Gasteiger partial charge in [-0.3, -0.25) is 4.68 Å². The van der Waals surface area contributed by atoms with Crippen LogP contribution in [-0.4, -0.2) is 32.4 Å². The predicted molar refractivity (Wildman–Crippen MR) is 109 cm³/mol. The zero-order valence-electron chi connectivity index (χ0n) is 15.1. The fraction of sp³-hybridized carbons (Fsp3) is 0.238. The number of rotatable bonds is 3. The van der Waals surface area contributed by atoms with Crippen molar-refractivity contribution in [1.29, 1.82) is 0 Å². The van der Waals surface area contributed by atoms with Crippen LogP contribution in [0.1, 0.15) is 12.5 Å². The highest BCUT2D eigenvalue weighted by Gasteiger charge is 2.26. The molecule has 2 aromatic carbocycles. The van der Waals surface area contributed by atoms with E-state index in [0.717, 1.165) is 53.1 Å². The van der Waals surface area contributed by atoms with E-state index in [2.05, 4.69) is 28.1 Å². The lowest BCUT2D eigenvalue weighted by molar-refractivity contribution is 0.550. The van der Waals surface area contributed by atoms with Crippen molar-refractivity contribution >= 4 is 22.5 Å². The number of aromatic nitrogens is 4. The van der Waals surface area contributed by atoms with E-state index in [1.807, 2.05) is 48.4 Å². The second-order valence-corrected chi connectivity index (χ2v) is 7.38. The van der Waals surface area contributed by atoms with Crippen LogP contribution in [0.3, 0.4) is 0 Å². The Kier molecular flexibility index (Phi) is 3.99. The molecule has 136 valence electrons. The zero-order valence-corrected chi connectivity index (χ0v) is 15.8. The number of nitrogens with zero attached hydrogens (tertiary/aromatic N) is 4. The maximum Gasteiger partial charge on any atom is 0.120 e. The third-order valence-electron chi connectivity index (χ3n) is 5.32. The molecule has 0 unspecified atom stereocenters. The fourth-order valence-corrected chi connectivity index (χ4v) is 4.25. The van der Waals surface area contributed by atoms with Crippen LogP contribution in [-0.2, 0) is 7.05 Å². The van der Waals surface area contributed by atoms with Crippen LogP contribution in [0, 0.1) is 0 Å². The molecule has 1 fully saturated rings. The molecule has 0 aliphatic carbocycles.